The number of amides is 1. The van der Waals surface area contributed by atoms with Gasteiger partial charge in [0.25, 0.3) is 11.7 Å². The number of Topliss-reactive ketones (excluding diaryl/α,β-unsaturated/α-hetero) is 1. The number of aliphatic hydroxyl groups excluding tert-OH is 1. The molecule has 1 saturated heterocycles. The molecule has 1 amide bonds. The second-order valence-corrected chi connectivity index (χ2v) is 8.12. The lowest BCUT2D eigenvalue weighted by atomic mass is 9.94. The van der Waals surface area contributed by atoms with Gasteiger partial charge in [-0.3, -0.25) is 9.59 Å². The van der Waals surface area contributed by atoms with Gasteiger partial charge in [0.05, 0.1) is 32.2 Å². The lowest BCUT2D eigenvalue weighted by Crippen LogP contribution is -2.31. The molecule has 2 aromatic carbocycles. The number of aliphatic hydroxyl groups is 1. The zero-order valence-corrected chi connectivity index (χ0v) is 19.4. The molecule has 0 radical (unpaired) electrons. The van der Waals surface area contributed by atoms with Crippen LogP contribution in [0.1, 0.15) is 29.2 Å². The fourth-order valence-corrected chi connectivity index (χ4v) is 4.19. The fourth-order valence-electron chi connectivity index (χ4n) is 4.19. The molecular weight excluding hydrogens is 434 g/mol. The molecule has 0 spiro atoms. The molecule has 1 atom stereocenters. The van der Waals surface area contributed by atoms with Gasteiger partial charge >= 0.3 is 0 Å². The lowest BCUT2D eigenvalue weighted by Gasteiger charge is -2.27. The van der Waals surface area contributed by atoms with Gasteiger partial charge in [-0.25, -0.2) is 4.98 Å². The van der Waals surface area contributed by atoms with E-state index in [1.807, 2.05) is 29.8 Å². The van der Waals surface area contributed by atoms with Gasteiger partial charge in [0, 0.05) is 42.7 Å². The first-order valence-electron chi connectivity index (χ1n) is 11.0. The highest BCUT2D eigenvalue weighted by Gasteiger charge is 2.46. The number of rotatable bonds is 8. The Balaban J connectivity index is 1.79. The number of aryl methyl sites for hydroxylation is 2. The molecule has 176 valence electrons. The number of ether oxygens (including phenoxy) is 2. The van der Waals surface area contributed by atoms with Crippen molar-refractivity contribution in [2.45, 2.75) is 25.9 Å². The molecule has 0 saturated carbocycles. The Kier molecular flexibility index (Phi) is 6.67. The summed E-state index contributed by atoms with van der Waals surface area (Å²) in [5, 5.41) is 11.2. The molecule has 1 aliphatic rings. The normalized spacial score (nSPS) is 17.3. The monoisotopic (exact) mass is 461 g/mol. The van der Waals surface area contributed by atoms with Crippen molar-refractivity contribution in [3.8, 4) is 11.5 Å². The van der Waals surface area contributed by atoms with E-state index in [1.54, 1.807) is 50.0 Å². The van der Waals surface area contributed by atoms with E-state index in [0.717, 1.165) is 5.56 Å². The minimum Gasteiger partial charge on any atom is -0.507 e. The van der Waals surface area contributed by atoms with Crippen LogP contribution in [-0.4, -0.2) is 52.0 Å². The molecular formula is C26H27N3O5. The maximum absolute atomic E-state index is 13.2. The first-order chi connectivity index (χ1) is 16.4. The molecule has 1 N–H and O–H groups in total. The summed E-state index contributed by atoms with van der Waals surface area (Å²) in [5.41, 5.74) is 2.13. The van der Waals surface area contributed by atoms with Crippen LogP contribution in [0.4, 0.5) is 0 Å². The minimum atomic E-state index is -0.801. The average molecular weight is 462 g/mol. The van der Waals surface area contributed by atoms with E-state index in [-0.39, 0.29) is 11.3 Å². The van der Waals surface area contributed by atoms with E-state index in [1.165, 1.54) is 12.0 Å². The molecule has 8 nitrogen and oxygen atoms in total. The van der Waals surface area contributed by atoms with Crippen LogP contribution in [0.25, 0.3) is 5.76 Å². The van der Waals surface area contributed by atoms with Crippen molar-refractivity contribution < 1.29 is 24.2 Å². The van der Waals surface area contributed by atoms with Crippen molar-refractivity contribution in [1.82, 2.24) is 14.5 Å². The van der Waals surface area contributed by atoms with Crippen LogP contribution < -0.4 is 9.47 Å². The highest BCUT2D eigenvalue weighted by molar-refractivity contribution is 6.46. The molecule has 3 aromatic rings. The Morgan fingerprint density at radius 1 is 1.06 bits per heavy atom. The van der Waals surface area contributed by atoms with Gasteiger partial charge in [-0.2, -0.15) is 0 Å². The zero-order chi connectivity index (χ0) is 24.2. The van der Waals surface area contributed by atoms with Crippen LogP contribution in [0.5, 0.6) is 11.5 Å². The Bertz CT molecular complexity index is 1220. The quantitative estimate of drug-likeness (QED) is 0.312. The number of aromatic nitrogens is 2. The number of ketones is 1. The topological polar surface area (TPSA) is 93.9 Å². The van der Waals surface area contributed by atoms with Gasteiger partial charge in [-0.05, 0) is 25.5 Å². The van der Waals surface area contributed by atoms with Crippen molar-refractivity contribution in [1.29, 1.82) is 0 Å². The molecule has 34 heavy (non-hydrogen) atoms. The maximum Gasteiger partial charge on any atom is 0.295 e. The third-order valence-electron chi connectivity index (χ3n) is 5.97. The maximum atomic E-state index is 13.2. The minimum absolute atomic E-state index is 0.0416. The third kappa shape index (κ3) is 4.39. The number of carbonyl (C=O) groups excluding carboxylic acids is 2. The summed E-state index contributed by atoms with van der Waals surface area (Å²) >= 11 is 0. The van der Waals surface area contributed by atoms with Crippen molar-refractivity contribution in [3.63, 3.8) is 0 Å². The SMILES string of the molecule is COc1ccc([C@H]2/C(=C(\O)c3ccc(C)cc3)C(=O)C(=O)N2CCCn2ccnc2)c(OC)c1. The number of benzene rings is 2. The van der Waals surface area contributed by atoms with Crippen molar-refractivity contribution in [2.75, 3.05) is 20.8 Å². The summed E-state index contributed by atoms with van der Waals surface area (Å²) in [6, 6.07) is 11.6. The molecule has 8 heteroatoms. The van der Waals surface area contributed by atoms with Gasteiger partial charge in [-0.1, -0.05) is 29.8 Å². The summed E-state index contributed by atoms with van der Waals surface area (Å²) in [6.07, 6.45) is 5.84. The summed E-state index contributed by atoms with van der Waals surface area (Å²) in [6.45, 7) is 2.88. The zero-order valence-electron chi connectivity index (χ0n) is 19.4. The van der Waals surface area contributed by atoms with Gasteiger partial charge < -0.3 is 24.0 Å². The number of methoxy groups -OCH3 is 2. The van der Waals surface area contributed by atoms with E-state index >= 15 is 0 Å². The van der Waals surface area contributed by atoms with E-state index in [0.29, 0.717) is 42.1 Å². The molecule has 1 aliphatic heterocycles. The molecule has 4 rings (SSSR count). The molecule has 0 bridgehead atoms. The van der Waals surface area contributed by atoms with Crippen molar-refractivity contribution in [2.24, 2.45) is 0 Å². The first kappa shape index (κ1) is 23.1. The average Bonchev–Trinajstić information content (AvgIpc) is 3.46. The van der Waals surface area contributed by atoms with Crippen LogP contribution in [0.3, 0.4) is 0 Å². The largest absolute Gasteiger partial charge is 0.507 e. The van der Waals surface area contributed by atoms with Gasteiger partial charge in [0.1, 0.15) is 17.3 Å². The fraction of sp³-hybridized carbons (Fsp3) is 0.269. The molecule has 0 aliphatic carbocycles. The first-order valence-corrected chi connectivity index (χ1v) is 11.0. The van der Waals surface area contributed by atoms with Gasteiger partial charge in [0.2, 0.25) is 0 Å². The molecule has 2 heterocycles. The van der Waals surface area contributed by atoms with Crippen LogP contribution in [0.15, 0.2) is 66.8 Å². The Morgan fingerprint density at radius 3 is 2.47 bits per heavy atom. The van der Waals surface area contributed by atoms with Crippen molar-refractivity contribution >= 4 is 17.4 Å². The molecule has 1 fully saturated rings. The summed E-state index contributed by atoms with van der Waals surface area (Å²) in [5.74, 6) is -0.541. The predicted octanol–water partition coefficient (Wildman–Crippen LogP) is 3.72. The predicted molar refractivity (Wildman–Crippen MR) is 127 cm³/mol. The van der Waals surface area contributed by atoms with Crippen molar-refractivity contribution in [3.05, 3.63) is 83.4 Å². The van der Waals surface area contributed by atoms with E-state index in [2.05, 4.69) is 4.98 Å². The Hall–Kier alpha value is -4.07. The summed E-state index contributed by atoms with van der Waals surface area (Å²) in [7, 11) is 3.07. The molecule has 0 unspecified atom stereocenters. The Labute approximate surface area is 198 Å². The number of likely N-dealkylation sites (tertiary alicyclic amines) is 1. The van der Waals surface area contributed by atoms with E-state index in [4.69, 9.17) is 9.47 Å². The van der Waals surface area contributed by atoms with E-state index in [9.17, 15) is 14.7 Å². The summed E-state index contributed by atoms with van der Waals surface area (Å²) < 4.78 is 12.8. The second kappa shape index (κ2) is 9.82. The van der Waals surface area contributed by atoms with Crippen LogP contribution in [-0.2, 0) is 16.1 Å². The van der Waals surface area contributed by atoms with Crippen LogP contribution in [0.2, 0.25) is 0 Å². The number of hydrogen-bond acceptors (Lipinski definition) is 6. The van der Waals surface area contributed by atoms with Gasteiger partial charge in [0.15, 0.2) is 0 Å². The van der Waals surface area contributed by atoms with E-state index < -0.39 is 17.7 Å². The summed E-state index contributed by atoms with van der Waals surface area (Å²) in [4.78, 5) is 31.9. The number of carbonyl (C=O) groups is 2. The standard InChI is InChI=1S/C26H27N3O5/c1-17-5-7-18(8-6-17)24(30)22-23(20-10-9-19(33-2)15-21(20)34-3)29(26(32)25(22)31)13-4-12-28-14-11-27-16-28/h5-11,14-16,23,30H,4,12-13H2,1-3H3/b24-22+/t23-/m0/s1. The second-order valence-electron chi connectivity index (χ2n) is 8.12. The van der Waals surface area contributed by atoms with Crippen LogP contribution >= 0.6 is 0 Å². The molecule has 1 aromatic heterocycles. The number of imidazole rings is 1. The Morgan fingerprint density at radius 2 is 1.82 bits per heavy atom. The van der Waals surface area contributed by atoms with Gasteiger partial charge in [-0.15, -0.1) is 0 Å². The highest BCUT2D eigenvalue weighted by Crippen LogP contribution is 2.43. The number of nitrogens with zero attached hydrogens (tertiary/aromatic N) is 3. The smallest absolute Gasteiger partial charge is 0.295 e. The third-order valence-corrected chi connectivity index (χ3v) is 5.97. The number of hydrogen-bond donors (Lipinski definition) is 1. The lowest BCUT2D eigenvalue weighted by molar-refractivity contribution is -0.140. The highest BCUT2D eigenvalue weighted by atomic mass is 16.5. The van der Waals surface area contributed by atoms with Crippen LogP contribution in [0, 0.1) is 6.92 Å².